The molecular formula is C17H26ClFN2O2. The van der Waals surface area contributed by atoms with Crippen molar-refractivity contribution in [1.82, 2.24) is 4.90 Å². The predicted molar refractivity (Wildman–Crippen MR) is 91.3 cm³/mol. The molecule has 2 unspecified atom stereocenters. The van der Waals surface area contributed by atoms with Crippen LogP contribution in [0.5, 0.6) is 5.75 Å². The van der Waals surface area contributed by atoms with Crippen LogP contribution in [0.3, 0.4) is 0 Å². The molecule has 1 fully saturated rings. The lowest BCUT2D eigenvalue weighted by atomic mass is 9.83. The lowest BCUT2D eigenvalue weighted by Gasteiger charge is -2.29. The van der Waals surface area contributed by atoms with Gasteiger partial charge in [0.05, 0.1) is 6.54 Å². The van der Waals surface area contributed by atoms with Crippen LogP contribution in [-0.2, 0) is 4.79 Å². The number of nitrogens with zero attached hydrogens (tertiary/aromatic N) is 1. The van der Waals surface area contributed by atoms with E-state index >= 15 is 0 Å². The van der Waals surface area contributed by atoms with Crippen LogP contribution in [0.1, 0.15) is 32.1 Å². The van der Waals surface area contributed by atoms with Crippen LogP contribution in [0.2, 0.25) is 0 Å². The number of ether oxygens (including phenoxy) is 1. The molecule has 1 aromatic rings. The first-order chi connectivity index (χ1) is 10.6. The van der Waals surface area contributed by atoms with Crippen molar-refractivity contribution in [2.45, 2.75) is 38.1 Å². The molecule has 1 saturated carbocycles. The molecule has 0 spiro atoms. The molecule has 130 valence electrons. The quantitative estimate of drug-likeness (QED) is 0.863. The summed E-state index contributed by atoms with van der Waals surface area (Å²) in [6, 6.07) is 6.41. The number of carbonyl (C=O) groups excluding carboxylic acids is 1. The van der Waals surface area contributed by atoms with Gasteiger partial charge in [0.2, 0.25) is 5.91 Å². The maximum Gasteiger partial charge on any atom is 0.222 e. The molecule has 6 heteroatoms. The van der Waals surface area contributed by atoms with Gasteiger partial charge in [-0.1, -0.05) is 25.0 Å². The SMILES string of the molecule is CN(CCOc1ccccc1F)C(=O)CC1CCCCC1N.Cl. The van der Waals surface area contributed by atoms with Gasteiger partial charge in [-0.15, -0.1) is 12.4 Å². The molecule has 4 nitrogen and oxygen atoms in total. The van der Waals surface area contributed by atoms with Crippen molar-refractivity contribution in [2.75, 3.05) is 20.2 Å². The van der Waals surface area contributed by atoms with Crippen LogP contribution in [-0.4, -0.2) is 37.0 Å². The van der Waals surface area contributed by atoms with Gasteiger partial charge in [0.1, 0.15) is 6.61 Å². The number of rotatable bonds is 6. The van der Waals surface area contributed by atoms with Gasteiger partial charge >= 0.3 is 0 Å². The topological polar surface area (TPSA) is 55.6 Å². The predicted octanol–water partition coefficient (Wildman–Crippen LogP) is 2.99. The summed E-state index contributed by atoms with van der Waals surface area (Å²) in [5, 5.41) is 0. The van der Waals surface area contributed by atoms with Gasteiger partial charge in [0.25, 0.3) is 0 Å². The van der Waals surface area contributed by atoms with Crippen molar-refractivity contribution in [2.24, 2.45) is 11.7 Å². The Morgan fingerprint density at radius 2 is 2.04 bits per heavy atom. The monoisotopic (exact) mass is 344 g/mol. The summed E-state index contributed by atoms with van der Waals surface area (Å²) in [5.74, 6) is 0.206. The van der Waals surface area contributed by atoms with E-state index in [2.05, 4.69) is 0 Å². The fraction of sp³-hybridized carbons (Fsp3) is 0.588. The molecule has 2 N–H and O–H groups in total. The van der Waals surface area contributed by atoms with Crippen molar-refractivity contribution < 1.29 is 13.9 Å². The van der Waals surface area contributed by atoms with E-state index in [0.717, 1.165) is 25.7 Å². The minimum absolute atomic E-state index is 0. The largest absolute Gasteiger partial charge is 0.489 e. The number of benzene rings is 1. The smallest absolute Gasteiger partial charge is 0.222 e. The van der Waals surface area contributed by atoms with Crippen molar-refractivity contribution >= 4 is 18.3 Å². The maximum atomic E-state index is 13.4. The van der Waals surface area contributed by atoms with Crippen molar-refractivity contribution in [3.05, 3.63) is 30.1 Å². The number of para-hydroxylation sites is 1. The third kappa shape index (κ3) is 5.99. The van der Waals surface area contributed by atoms with Crippen LogP contribution >= 0.6 is 12.4 Å². The zero-order chi connectivity index (χ0) is 15.9. The summed E-state index contributed by atoms with van der Waals surface area (Å²) in [4.78, 5) is 13.8. The highest BCUT2D eigenvalue weighted by molar-refractivity contribution is 5.85. The first-order valence-corrected chi connectivity index (χ1v) is 7.95. The molecule has 1 aromatic carbocycles. The summed E-state index contributed by atoms with van der Waals surface area (Å²) >= 11 is 0. The molecule has 0 aliphatic heterocycles. The average molecular weight is 345 g/mol. The second-order valence-electron chi connectivity index (χ2n) is 6.01. The van der Waals surface area contributed by atoms with E-state index in [0.29, 0.717) is 13.0 Å². The molecule has 1 amide bonds. The van der Waals surface area contributed by atoms with Gasteiger partial charge in [0.15, 0.2) is 11.6 Å². The zero-order valence-electron chi connectivity index (χ0n) is 13.5. The van der Waals surface area contributed by atoms with E-state index in [1.54, 1.807) is 30.1 Å². The Labute approximate surface area is 143 Å². The van der Waals surface area contributed by atoms with E-state index in [9.17, 15) is 9.18 Å². The minimum Gasteiger partial charge on any atom is -0.489 e. The van der Waals surface area contributed by atoms with Crippen LogP contribution in [0.25, 0.3) is 0 Å². The summed E-state index contributed by atoms with van der Waals surface area (Å²) in [6.07, 6.45) is 4.87. The molecule has 0 heterocycles. The molecule has 0 bridgehead atoms. The number of likely N-dealkylation sites (N-methyl/N-ethyl adjacent to an activating group) is 1. The highest BCUT2D eigenvalue weighted by atomic mass is 35.5. The van der Waals surface area contributed by atoms with E-state index in [-0.39, 0.29) is 48.4 Å². The summed E-state index contributed by atoms with van der Waals surface area (Å²) in [7, 11) is 1.75. The Morgan fingerprint density at radius 1 is 1.35 bits per heavy atom. The Kier molecular flexibility index (Phi) is 8.34. The summed E-state index contributed by atoms with van der Waals surface area (Å²) in [5.41, 5.74) is 6.08. The fourth-order valence-corrected chi connectivity index (χ4v) is 2.85. The second kappa shape index (κ2) is 9.73. The lowest BCUT2D eigenvalue weighted by Crippen LogP contribution is -2.38. The maximum absolute atomic E-state index is 13.4. The first-order valence-electron chi connectivity index (χ1n) is 7.95. The molecule has 23 heavy (non-hydrogen) atoms. The zero-order valence-corrected chi connectivity index (χ0v) is 14.4. The minimum atomic E-state index is -0.385. The van der Waals surface area contributed by atoms with Crippen LogP contribution < -0.4 is 10.5 Å². The standard InChI is InChI=1S/C17H25FN2O2.ClH/c1-20(10-11-22-16-9-5-3-7-14(16)18)17(21)12-13-6-2-4-8-15(13)19;/h3,5,7,9,13,15H,2,4,6,8,10-12,19H2,1H3;1H. The van der Waals surface area contributed by atoms with Gasteiger partial charge in [-0.3, -0.25) is 4.79 Å². The van der Waals surface area contributed by atoms with Crippen LogP contribution in [0.4, 0.5) is 4.39 Å². The summed E-state index contributed by atoms with van der Waals surface area (Å²) in [6.45, 7) is 0.717. The van der Waals surface area contributed by atoms with Gasteiger partial charge < -0.3 is 15.4 Å². The molecule has 0 aromatic heterocycles. The second-order valence-corrected chi connectivity index (χ2v) is 6.01. The highest BCUT2D eigenvalue weighted by Gasteiger charge is 2.25. The van der Waals surface area contributed by atoms with E-state index < -0.39 is 0 Å². The van der Waals surface area contributed by atoms with Gasteiger partial charge in [-0.2, -0.15) is 0 Å². The third-order valence-electron chi connectivity index (χ3n) is 4.35. The molecule has 2 atom stereocenters. The molecule has 0 radical (unpaired) electrons. The van der Waals surface area contributed by atoms with Crippen LogP contribution in [0, 0.1) is 11.7 Å². The first kappa shape index (κ1) is 19.7. The van der Waals surface area contributed by atoms with Gasteiger partial charge in [-0.25, -0.2) is 4.39 Å². The molecule has 1 aliphatic rings. The van der Waals surface area contributed by atoms with Crippen LogP contribution in [0.15, 0.2) is 24.3 Å². The Morgan fingerprint density at radius 3 is 2.74 bits per heavy atom. The number of hydrogen-bond donors (Lipinski definition) is 1. The van der Waals surface area contributed by atoms with E-state index in [4.69, 9.17) is 10.5 Å². The number of nitrogens with two attached hydrogens (primary N) is 1. The Hall–Kier alpha value is -1.33. The van der Waals surface area contributed by atoms with Gasteiger partial charge in [0, 0.05) is 19.5 Å². The fourth-order valence-electron chi connectivity index (χ4n) is 2.85. The molecule has 1 aliphatic carbocycles. The number of amides is 1. The molecular weight excluding hydrogens is 319 g/mol. The average Bonchev–Trinajstić information content (AvgIpc) is 2.51. The highest BCUT2D eigenvalue weighted by Crippen LogP contribution is 2.26. The lowest BCUT2D eigenvalue weighted by molar-refractivity contribution is -0.131. The van der Waals surface area contributed by atoms with Gasteiger partial charge in [-0.05, 0) is 30.9 Å². The molecule has 2 rings (SSSR count). The number of hydrogen-bond acceptors (Lipinski definition) is 3. The van der Waals surface area contributed by atoms with Crippen molar-refractivity contribution in [3.8, 4) is 5.75 Å². The third-order valence-corrected chi connectivity index (χ3v) is 4.35. The molecule has 0 saturated heterocycles. The number of halogens is 2. The Bertz CT molecular complexity index is 501. The van der Waals surface area contributed by atoms with Crippen molar-refractivity contribution in [3.63, 3.8) is 0 Å². The van der Waals surface area contributed by atoms with E-state index in [1.807, 2.05) is 0 Å². The Balaban J connectivity index is 0.00000264. The van der Waals surface area contributed by atoms with E-state index in [1.165, 1.54) is 6.07 Å². The number of carbonyl (C=O) groups is 1. The van der Waals surface area contributed by atoms with Crippen molar-refractivity contribution in [1.29, 1.82) is 0 Å². The summed E-state index contributed by atoms with van der Waals surface area (Å²) < 4.78 is 18.8. The normalized spacial score (nSPS) is 20.5.